The van der Waals surface area contributed by atoms with E-state index in [1.54, 1.807) is 6.92 Å². The number of halogens is 1. The summed E-state index contributed by atoms with van der Waals surface area (Å²) in [5.41, 5.74) is 0.731. The van der Waals surface area contributed by atoms with E-state index in [1.165, 1.54) is 0 Å². The van der Waals surface area contributed by atoms with Crippen LogP contribution in [0.2, 0.25) is 0 Å². The molecule has 0 amide bonds. The van der Waals surface area contributed by atoms with Gasteiger partial charge in [0.05, 0.1) is 0 Å². The Morgan fingerprint density at radius 3 is 1.89 bits per heavy atom. The molecule has 0 saturated heterocycles. The van der Waals surface area contributed by atoms with E-state index in [0.29, 0.717) is 5.41 Å². The fourth-order valence-electron chi connectivity index (χ4n) is 2.82. The van der Waals surface area contributed by atoms with Gasteiger partial charge in [0, 0.05) is 5.41 Å². The summed E-state index contributed by atoms with van der Waals surface area (Å²) >= 11 is 0. The summed E-state index contributed by atoms with van der Waals surface area (Å²) in [6, 6.07) is 0. The van der Waals surface area contributed by atoms with Gasteiger partial charge in [-0.3, -0.25) is 0 Å². The minimum Gasteiger partial charge on any atom is -0.247 e. The molecule has 0 aliphatic heterocycles. The number of hydrogen-bond acceptors (Lipinski definition) is 0. The Morgan fingerprint density at radius 2 is 1.78 bits per heavy atom. The average Bonchev–Trinajstić information content (AvgIpc) is 1.54. The molecule has 1 atom stereocenters. The molecular weight excluding hydrogens is 115 g/mol. The summed E-state index contributed by atoms with van der Waals surface area (Å²) in [4.78, 5) is 0. The van der Waals surface area contributed by atoms with Crippen LogP contribution in [0.1, 0.15) is 33.1 Å². The minimum absolute atomic E-state index is 0.161. The fourth-order valence-corrected chi connectivity index (χ4v) is 2.82. The van der Waals surface area contributed by atoms with E-state index in [1.807, 2.05) is 0 Å². The summed E-state index contributed by atoms with van der Waals surface area (Å²) in [7, 11) is 0. The van der Waals surface area contributed by atoms with Gasteiger partial charge >= 0.3 is 0 Å². The van der Waals surface area contributed by atoms with Crippen molar-refractivity contribution in [2.45, 2.75) is 39.3 Å². The maximum atomic E-state index is 12.7. The monoisotopic (exact) mass is 128 g/mol. The third-order valence-electron chi connectivity index (χ3n) is 3.18. The maximum Gasteiger partial charge on any atom is 0.103 e. The van der Waals surface area contributed by atoms with Gasteiger partial charge in [-0.05, 0) is 31.6 Å². The van der Waals surface area contributed by atoms with E-state index < -0.39 is 6.17 Å². The zero-order valence-corrected chi connectivity index (χ0v) is 6.08. The second-order valence-electron chi connectivity index (χ2n) is 4.32. The predicted octanol–water partition coefficient (Wildman–Crippen LogP) is 2.53. The van der Waals surface area contributed by atoms with E-state index in [2.05, 4.69) is 6.92 Å². The van der Waals surface area contributed by atoms with Crippen molar-refractivity contribution in [2.24, 2.45) is 10.8 Å². The number of rotatable bonds is 1. The Morgan fingerprint density at radius 1 is 1.33 bits per heavy atom. The van der Waals surface area contributed by atoms with Crippen molar-refractivity contribution in [1.29, 1.82) is 0 Å². The highest BCUT2D eigenvalue weighted by Gasteiger charge is 2.67. The highest BCUT2D eigenvalue weighted by molar-refractivity contribution is 5.16. The van der Waals surface area contributed by atoms with Gasteiger partial charge < -0.3 is 0 Å². The van der Waals surface area contributed by atoms with Gasteiger partial charge in [0.1, 0.15) is 6.17 Å². The Balaban J connectivity index is 2.04. The molecule has 1 heteroatoms. The molecule has 0 radical (unpaired) electrons. The van der Waals surface area contributed by atoms with Gasteiger partial charge in [0.2, 0.25) is 0 Å². The lowest BCUT2D eigenvalue weighted by molar-refractivity contribution is -0.223. The van der Waals surface area contributed by atoms with Gasteiger partial charge in [0.15, 0.2) is 0 Å². The zero-order chi connectivity index (χ0) is 6.70. The van der Waals surface area contributed by atoms with Crippen LogP contribution in [0.3, 0.4) is 0 Å². The minimum atomic E-state index is -0.556. The van der Waals surface area contributed by atoms with Gasteiger partial charge in [-0.15, -0.1) is 0 Å². The Kier molecular flexibility index (Phi) is 0.750. The Bertz CT molecular complexity index is 129. The standard InChI is InChI=1S/C8H13F/c1-6(9)8-3-7(2,4-8)5-8/h6H,3-5H2,1-2H3. The average molecular weight is 128 g/mol. The van der Waals surface area contributed by atoms with Crippen molar-refractivity contribution in [3.05, 3.63) is 0 Å². The summed E-state index contributed by atoms with van der Waals surface area (Å²) in [5, 5.41) is 0. The topological polar surface area (TPSA) is 0 Å². The molecule has 0 aromatic rings. The Labute approximate surface area is 55.4 Å². The summed E-state index contributed by atoms with van der Waals surface area (Å²) < 4.78 is 12.7. The van der Waals surface area contributed by atoms with E-state index in [-0.39, 0.29) is 5.41 Å². The van der Waals surface area contributed by atoms with Crippen molar-refractivity contribution >= 4 is 0 Å². The van der Waals surface area contributed by atoms with Crippen molar-refractivity contribution in [3.8, 4) is 0 Å². The van der Waals surface area contributed by atoms with E-state index >= 15 is 0 Å². The normalized spacial score (nSPS) is 57.7. The first-order valence-electron chi connectivity index (χ1n) is 3.71. The van der Waals surface area contributed by atoms with E-state index in [4.69, 9.17) is 0 Å². The smallest absolute Gasteiger partial charge is 0.103 e. The van der Waals surface area contributed by atoms with Crippen molar-refractivity contribution in [3.63, 3.8) is 0 Å². The molecule has 0 heterocycles. The lowest BCUT2D eigenvalue weighted by Crippen LogP contribution is -2.63. The molecule has 3 rings (SSSR count). The predicted molar refractivity (Wildman–Crippen MR) is 35.0 cm³/mol. The van der Waals surface area contributed by atoms with Crippen LogP contribution in [0.15, 0.2) is 0 Å². The highest BCUT2D eigenvalue weighted by Crippen LogP contribution is 2.74. The number of alkyl halides is 1. The van der Waals surface area contributed by atoms with Crippen molar-refractivity contribution in [1.82, 2.24) is 0 Å². The first kappa shape index (κ1) is 5.70. The van der Waals surface area contributed by atoms with Crippen LogP contribution in [-0.2, 0) is 0 Å². The van der Waals surface area contributed by atoms with Crippen LogP contribution < -0.4 is 0 Å². The largest absolute Gasteiger partial charge is 0.247 e. The van der Waals surface area contributed by atoms with Gasteiger partial charge in [-0.2, -0.15) is 0 Å². The van der Waals surface area contributed by atoms with Crippen LogP contribution in [-0.4, -0.2) is 6.17 Å². The zero-order valence-electron chi connectivity index (χ0n) is 6.08. The first-order chi connectivity index (χ1) is 4.06. The molecule has 0 spiro atoms. The third kappa shape index (κ3) is 0.487. The molecule has 3 fully saturated rings. The van der Waals surface area contributed by atoms with Crippen LogP contribution in [0, 0.1) is 10.8 Å². The van der Waals surface area contributed by atoms with E-state index in [9.17, 15) is 4.39 Å². The van der Waals surface area contributed by atoms with Gasteiger partial charge in [-0.1, -0.05) is 6.92 Å². The maximum absolute atomic E-state index is 12.7. The highest BCUT2D eigenvalue weighted by atomic mass is 19.1. The van der Waals surface area contributed by atoms with Crippen LogP contribution >= 0.6 is 0 Å². The molecule has 3 aliphatic carbocycles. The molecule has 0 nitrogen and oxygen atoms in total. The first-order valence-corrected chi connectivity index (χ1v) is 3.71. The molecule has 1 unspecified atom stereocenters. The molecule has 3 saturated carbocycles. The molecule has 3 aliphatic rings. The summed E-state index contributed by atoms with van der Waals surface area (Å²) in [6.45, 7) is 3.97. The molecule has 9 heavy (non-hydrogen) atoms. The lowest BCUT2D eigenvalue weighted by Gasteiger charge is -2.70. The fraction of sp³-hybridized carbons (Fsp3) is 1.00. The van der Waals surface area contributed by atoms with Gasteiger partial charge in [0.25, 0.3) is 0 Å². The SMILES string of the molecule is CC(F)C12CC(C)(C1)C2. The Hall–Kier alpha value is -0.0700. The van der Waals surface area contributed by atoms with Crippen LogP contribution in [0.5, 0.6) is 0 Å². The second-order valence-corrected chi connectivity index (χ2v) is 4.32. The lowest BCUT2D eigenvalue weighted by atomic mass is 9.35. The molecule has 52 valence electrons. The molecule has 0 aromatic carbocycles. The van der Waals surface area contributed by atoms with Crippen LogP contribution in [0.4, 0.5) is 4.39 Å². The van der Waals surface area contributed by atoms with E-state index in [0.717, 1.165) is 19.3 Å². The molecule has 2 bridgehead atoms. The molecular formula is C8H13F. The molecule has 0 aromatic heterocycles. The van der Waals surface area contributed by atoms with Gasteiger partial charge in [-0.25, -0.2) is 4.39 Å². The van der Waals surface area contributed by atoms with Crippen molar-refractivity contribution < 1.29 is 4.39 Å². The van der Waals surface area contributed by atoms with Crippen LogP contribution in [0.25, 0.3) is 0 Å². The second kappa shape index (κ2) is 1.18. The molecule has 0 N–H and O–H groups in total. The quantitative estimate of drug-likeness (QED) is 0.509. The number of hydrogen-bond donors (Lipinski definition) is 0. The third-order valence-corrected chi connectivity index (χ3v) is 3.18. The summed E-state index contributed by atoms with van der Waals surface area (Å²) in [6.07, 6.45) is 2.90. The van der Waals surface area contributed by atoms with Crippen molar-refractivity contribution in [2.75, 3.05) is 0 Å². The summed E-state index contributed by atoms with van der Waals surface area (Å²) in [5.74, 6) is 0.